The van der Waals surface area contributed by atoms with E-state index in [2.05, 4.69) is 16.5 Å². The Kier molecular flexibility index (Phi) is 2.73. The third-order valence-corrected chi connectivity index (χ3v) is 4.03. The molecule has 1 fully saturated rings. The summed E-state index contributed by atoms with van der Waals surface area (Å²) in [5, 5.41) is 0. The third kappa shape index (κ3) is 1.85. The van der Waals surface area contributed by atoms with Crippen molar-refractivity contribution in [3.8, 4) is 0 Å². The van der Waals surface area contributed by atoms with Gasteiger partial charge in [0.05, 0.1) is 11.0 Å². The highest BCUT2D eigenvalue weighted by Gasteiger charge is 2.23. The van der Waals surface area contributed by atoms with Gasteiger partial charge in [-0.05, 0) is 43.7 Å². The maximum absolute atomic E-state index is 13.2. The minimum atomic E-state index is -0.260. The van der Waals surface area contributed by atoms with E-state index in [1.165, 1.54) is 25.0 Å². The normalized spacial score (nSPS) is 24.6. The predicted molar refractivity (Wildman–Crippen MR) is 70.8 cm³/mol. The maximum atomic E-state index is 13.2. The van der Waals surface area contributed by atoms with Crippen molar-refractivity contribution < 1.29 is 4.39 Å². The molecule has 1 aromatic heterocycles. The van der Waals surface area contributed by atoms with E-state index >= 15 is 0 Å². The Hall–Kier alpha value is -1.58. The number of anilines is 1. The van der Waals surface area contributed by atoms with Crippen LogP contribution < -0.4 is 5.73 Å². The van der Waals surface area contributed by atoms with Crippen LogP contribution in [0.4, 0.5) is 10.3 Å². The molecular weight excluding hydrogens is 229 g/mol. The highest BCUT2D eigenvalue weighted by Crippen LogP contribution is 2.35. The summed E-state index contributed by atoms with van der Waals surface area (Å²) in [4.78, 5) is 4.27. The van der Waals surface area contributed by atoms with Gasteiger partial charge in [-0.25, -0.2) is 9.37 Å². The number of aromatic nitrogens is 2. The number of fused-ring (bicyclic) bond motifs is 1. The van der Waals surface area contributed by atoms with E-state index in [4.69, 9.17) is 5.73 Å². The standard InChI is InChI=1S/C14H18FN3/c1-9-2-5-11(6-3-9)18-13-7-4-10(15)8-12(13)17-14(18)16/h4,7-9,11H,2-3,5-6H2,1H3,(H2,16,17). The summed E-state index contributed by atoms with van der Waals surface area (Å²) in [6, 6.07) is 5.13. The average Bonchev–Trinajstić information content (AvgIpc) is 2.65. The van der Waals surface area contributed by atoms with Crippen molar-refractivity contribution >= 4 is 17.0 Å². The highest BCUT2D eigenvalue weighted by atomic mass is 19.1. The molecule has 1 aromatic carbocycles. The second kappa shape index (κ2) is 4.26. The first-order valence-corrected chi connectivity index (χ1v) is 6.58. The predicted octanol–water partition coefficient (Wildman–Crippen LogP) is 3.51. The van der Waals surface area contributed by atoms with Gasteiger partial charge in [0.15, 0.2) is 0 Å². The van der Waals surface area contributed by atoms with Crippen molar-refractivity contribution in [3.05, 3.63) is 24.0 Å². The number of benzene rings is 1. The van der Waals surface area contributed by atoms with E-state index in [9.17, 15) is 4.39 Å². The van der Waals surface area contributed by atoms with E-state index < -0.39 is 0 Å². The summed E-state index contributed by atoms with van der Waals surface area (Å²) >= 11 is 0. The number of nitrogens with zero attached hydrogens (tertiary/aromatic N) is 2. The molecular formula is C14H18FN3. The van der Waals surface area contributed by atoms with Gasteiger partial charge in [-0.1, -0.05) is 6.92 Å². The number of nitrogen functional groups attached to an aromatic ring is 1. The molecule has 1 saturated carbocycles. The Morgan fingerprint density at radius 2 is 2.00 bits per heavy atom. The molecule has 3 rings (SSSR count). The first-order valence-electron chi connectivity index (χ1n) is 6.58. The van der Waals surface area contributed by atoms with Gasteiger partial charge >= 0.3 is 0 Å². The molecule has 2 aromatic rings. The molecule has 0 aliphatic heterocycles. The average molecular weight is 247 g/mol. The lowest BCUT2D eigenvalue weighted by Crippen LogP contribution is -2.18. The summed E-state index contributed by atoms with van der Waals surface area (Å²) in [7, 11) is 0. The molecule has 0 amide bonds. The SMILES string of the molecule is CC1CCC(n2c(N)nc3cc(F)ccc32)CC1. The number of imidazole rings is 1. The van der Waals surface area contributed by atoms with Crippen LogP contribution >= 0.6 is 0 Å². The zero-order valence-electron chi connectivity index (χ0n) is 10.6. The molecule has 0 spiro atoms. The van der Waals surface area contributed by atoms with Crippen LogP contribution in [0.1, 0.15) is 38.6 Å². The summed E-state index contributed by atoms with van der Waals surface area (Å²) in [5.41, 5.74) is 7.61. The van der Waals surface area contributed by atoms with Crippen LogP contribution in [0.25, 0.3) is 11.0 Å². The molecule has 96 valence electrons. The van der Waals surface area contributed by atoms with Crippen molar-refractivity contribution in [2.45, 2.75) is 38.6 Å². The Balaban J connectivity index is 2.03. The molecule has 0 saturated heterocycles. The fourth-order valence-electron chi connectivity index (χ4n) is 2.97. The fraction of sp³-hybridized carbons (Fsp3) is 0.500. The zero-order valence-corrected chi connectivity index (χ0v) is 10.6. The minimum Gasteiger partial charge on any atom is -0.369 e. The van der Waals surface area contributed by atoms with Gasteiger partial charge in [0, 0.05) is 12.1 Å². The van der Waals surface area contributed by atoms with Crippen molar-refractivity contribution in [3.63, 3.8) is 0 Å². The van der Waals surface area contributed by atoms with E-state index in [-0.39, 0.29) is 5.82 Å². The zero-order chi connectivity index (χ0) is 12.7. The Morgan fingerprint density at radius 1 is 1.28 bits per heavy atom. The second-order valence-corrected chi connectivity index (χ2v) is 5.39. The smallest absolute Gasteiger partial charge is 0.201 e. The molecule has 0 bridgehead atoms. The van der Waals surface area contributed by atoms with Crippen LogP contribution in [0, 0.1) is 11.7 Å². The molecule has 3 nitrogen and oxygen atoms in total. The van der Waals surface area contributed by atoms with E-state index in [1.54, 1.807) is 6.07 Å². The molecule has 1 aliphatic rings. The number of hydrogen-bond donors (Lipinski definition) is 1. The molecule has 1 heterocycles. The first-order chi connectivity index (χ1) is 8.65. The molecule has 0 atom stereocenters. The maximum Gasteiger partial charge on any atom is 0.201 e. The Labute approximate surface area is 106 Å². The summed E-state index contributed by atoms with van der Waals surface area (Å²) < 4.78 is 15.3. The highest BCUT2D eigenvalue weighted by molar-refractivity contribution is 5.78. The second-order valence-electron chi connectivity index (χ2n) is 5.39. The lowest BCUT2D eigenvalue weighted by Gasteiger charge is -2.28. The van der Waals surface area contributed by atoms with Gasteiger partial charge in [0.1, 0.15) is 5.82 Å². The van der Waals surface area contributed by atoms with Gasteiger partial charge in [-0.3, -0.25) is 0 Å². The Bertz CT molecular complexity index is 568. The summed E-state index contributed by atoms with van der Waals surface area (Å²) in [6.45, 7) is 2.29. The summed E-state index contributed by atoms with van der Waals surface area (Å²) in [6.07, 6.45) is 4.72. The Morgan fingerprint density at radius 3 is 2.72 bits per heavy atom. The van der Waals surface area contributed by atoms with Crippen molar-refractivity contribution in [2.24, 2.45) is 5.92 Å². The number of halogens is 1. The lowest BCUT2D eigenvalue weighted by molar-refractivity contribution is 0.296. The lowest BCUT2D eigenvalue weighted by atomic mass is 9.87. The monoisotopic (exact) mass is 247 g/mol. The van der Waals surface area contributed by atoms with Crippen molar-refractivity contribution in [1.82, 2.24) is 9.55 Å². The summed E-state index contributed by atoms with van der Waals surface area (Å²) in [5.74, 6) is 1.05. The molecule has 18 heavy (non-hydrogen) atoms. The van der Waals surface area contributed by atoms with E-state index in [0.29, 0.717) is 17.5 Å². The first kappa shape index (κ1) is 11.5. The quantitative estimate of drug-likeness (QED) is 0.838. The van der Waals surface area contributed by atoms with Gasteiger partial charge < -0.3 is 10.3 Å². The van der Waals surface area contributed by atoms with Gasteiger partial charge in [-0.2, -0.15) is 0 Å². The molecule has 2 N–H and O–H groups in total. The number of nitrogens with two attached hydrogens (primary N) is 1. The molecule has 4 heteroatoms. The van der Waals surface area contributed by atoms with Crippen LogP contribution in [0.2, 0.25) is 0 Å². The van der Waals surface area contributed by atoms with E-state index in [0.717, 1.165) is 24.3 Å². The molecule has 0 unspecified atom stereocenters. The van der Waals surface area contributed by atoms with Crippen LogP contribution in [0.5, 0.6) is 0 Å². The van der Waals surface area contributed by atoms with Crippen LogP contribution in [-0.4, -0.2) is 9.55 Å². The third-order valence-electron chi connectivity index (χ3n) is 4.03. The largest absolute Gasteiger partial charge is 0.369 e. The van der Waals surface area contributed by atoms with Crippen LogP contribution in [0.15, 0.2) is 18.2 Å². The molecule has 0 radical (unpaired) electrons. The van der Waals surface area contributed by atoms with Gasteiger partial charge in [0.25, 0.3) is 0 Å². The topological polar surface area (TPSA) is 43.8 Å². The van der Waals surface area contributed by atoms with E-state index in [1.807, 2.05) is 0 Å². The van der Waals surface area contributed by atoms with Crippen LogP contribution in [-0.2, 0) is 0 Å². The van der Waals surface area contributed by atoms with Crippen molar-refractivity contribution in [1.29, 1.82) is 0 Å². The van der Waals surface area contributed by atoms with Gasteiger partial charge in [0.2, 0.25) is 5.95 Å². The number of rotatable bonds is 1. The minimum absolute atomic E-state index is 0.260. The molecule has 1 aliphatic carbocycles. The number of hydrogen-bond acceptors (Lipinski definition) is 2. The van der Waals surface area contributed by atoms with Crippen LogP contribution in [0.3, 0.4) is 0 Å². The fourth-order valence-corrected chi connectivity index (χ4v) is 2.97. The van der Waals surface area contributed by atoms with Crippen molar-refractivity contribution in [2.75, 3.05) is 5.73 Å². The van der Waals surface area contributed by atoms with Gasteiger partial charge in [-0.15, -0.1) is 0 Å².